The SMILES string of the molecule is O=C(CC1C(=O)N(Cc2ccccc2)C(=S)N1NC(=O)c1cccc(F)c1)NCCc1ccccc1. The van der Waals surface area contributed by atoms with Crippen LogP contribution >= 0.6 is 12.2 Å². The van der Waals surface area contributed by atoms with Crippen LogP contribution in [0.15, 0.2) is 84.9 Å². The Bertz CT molecular complexity index is 1260. The van der Waals surface area contributed by atoms with Gasteiger partial charge in [-0.1, -0.05) is 66.7 Å². The van der Waals surface area contributed by atoms with Crippen molar-refractivity contribution in [3.8, 4) is 0 Å². The van der Waals surface area contributed by atoms with Crippen LogP contribution in [0.3, 0.4) is 0 Å². The van der Waals surface area contributed by atoms with Crippen molar-refractivity contribution in [1.29, 1.82) is 0 Å². The van der Waals surface area contributed by atoms with Gasteiger partial charge in [0, 0.05) is 12.1 Å². The van der Waals surface area contributed by atoms with Crippen molar-refractivity contribution in [2.45, 2.75) is 25.4 Å². The Morgan fingerprint density at radius 3 is 2.25 bits per heavy atom. The van der Waals surface area contributed by atoms with Crippen LogP contribution in [0.25, 0.3) is 0 Å². The molecule has 3 aromatic carbocycles. The lowest BCUT2D eigenvalue weighted by Gasteiger charge is -2.24. The van der Waals surface area contributed by atoms with Crippen molar-refractivity contribution in [3.05, 3.63) is 107 Å². The van der Waals surface area contributed by atoms with Gasteiger partial charge in [0.05, 0.1) is 13.0 Å². The number of carbonyl (C=O) groups excluding carboxylic acids is 3. The molecule has 9 heteroatoms. The van der Waals surface area contributed by atoms with Crippen molar-refractivity contribution in [1.82, 2.24) is 20.7 Å². The second kappa shape index (κ2) is 11.5. The Balaban J connectivity index is 1.48. The highest BCUT2D eigenvalue weighted by atomic mass is 32.1. The molecule has 1 fully saturated rings. The summed E-state index contributed by atoms with van der Waals surface area (Å²) in [4.78, 5) is 40.3. The minimum Gasteiger partial charge on any atom is -0.356 e. The van der Waals surface area contributed by atoms with Gasteiger partial charge in [0.25, 0.3) is 11.8 Å². The Labute approximate surface area is 213 Å². The summed E-state index contributed by atoms with van der Waals surface area (Å²) in [5.41, 5.74) is 4.59. The number of hydrogen-bond donors (Lipinski definition) is 2. The molecular weight excluding hydrogens is 479 g/mol. The maximum absolute atomic E-state index is 13.6. The van der Waals surface area contributed by atoms with E-state index in [4.69, 9.17) is 12.2 Å². The predicted molar refractivity (Wildman–Crippen MR) is 137 cm³/mol. The third kappa shape index (κ3) is 6.11. The molecule has 1 unspecified atom stereocenters. The van der Waals surface area contributed by atoms with Crippen molar-refractivity contribution in [2.75, 3.05) is 6.54 Å². The van der Waals surface area contributed by atoms with Gasteiger partial charge in [0.1, 0.15) is 11.9 Å². The second-order valence-corrected chi connectivity index (χ2v) is 8.68. The summed E-state index contributed by atoms with van der Waals surface area (Å²) in [6.07, 6.45) is 0.437. The van der Waals surface area contributed by atoms with E-state index in [-0.39, 0.29) is 29.5 Å². The van der Waals surface area contributed by atoms with Gasteiger partial charge in [-0.25, -0.2) is 9.40 Å². The van der Waals surface area contributed by atoms with Crippen LogP contribution in [0.5, 0.6) is 0 Å². The summed E-state index contributed by atoms with van der Waals surface area (Å²) in [5.74, 6) is -1.95. The smallest absolute Gasteiger partial charge is 0.269 e. The molecular formula is C27H25FN4O3S. The molecule has 4 rings (SSSR count). The van der Waals surface area contributed by atoms with Gasteiger partial charge >= 0.3 is 0 Å². The van der Waals surface area contributed by atoms with Gasteiger partial charge in [0.2, 0.25) is 5.91 Å². The first-order chi connectivity index (χ1) is 17.4. The number of benzene rings is 3. The van der Waals surface area contributed by atoms with Gasteiger partial charge in [-0.3, -0.25) is 24.7 Å². The Hall–Kier alpha value is -4.11. The zero-order valence-electron chi connectivity index (χ0n) is 19.4. The second-order valence-electron chi connectivity index (χ2n) is 8.32. The first kappa shape index (κ1) is 25.0. The molecule has 0 aromatic heterocycles. The molecule has 0 spiro atoms. The van der Waals surface area contributed by atoms with E-state index in [0.29, 0.717) is 13.0 Å². The highest BCUT2D eigenvalue weighted by molar-refractivity contribution is 7.80. The summed E-state index contributed by atoms with van der Waals surface area (Å²) in [5, 5.41) is 4.12. The number of nitrogens with zero attached hydrogens (tertiary/aromatic N) is 2. The molecule has 2 N–H and O–H groups in total. The third-order valence-electron chi connectivity index (χ3n) is 5.75. The number of hydrogen-bond acceptors (Lipinski definition) is 4. The van der Waals surface area contributed by atoms with E-state index >= 15 is 0 Å². The molecule has 36 heavy (non-hydrogen) atoms. The summed E-state index contributed by atoms with van der Waals surface area (Å²) in [6, 6.07) is 23.1. The van der Waals surface area contributed by atoms with E-state index in [1.165, 1.54) is 28.1 Å². The fourth-order valence-electron chi connectivity index (χ4n) is 3.91. The van der Waals surface area contributed by atoms with Crippen LogP contribution in [0, 0.1) is 5.82 Å². The first-order valence-electron chi connectivity index (χ1n) is 11.5. The van der Waals surface area contributed by atoms with Crippen LogP contribution in [0.1, 0.15) is 27.9 Å². The predicted octanol–water partition coefficient (Wildman–Crippen LogP) is 3.22. The van der Waals surface area contributed by atoms with Gasteiger partial charge in [-0.05, 0) is 48.0 Å². The molecule has 184 valence electrons. The minimum atomic E-state index is -1.03. The van der Waals surface area contributed by atoms with Gasteiger partial charge in [0.15, 0.2) is 5.11 Å². The number of amides is 3. The lowest BCUT2D eigenvalue weighted by atomic mass is 10.1. The van der Waals surface area contributed by atoms with Crippen molar-refractivity contribution < 1.29 is 18.8 Å². The average molecular weight is 505 g/mol. The Morgan fingerprint density at radius 1 is 0.917 bits per heavy atom. The lowest BCUT2D eigenvalue weighted by Crippen LogP contribution is -2.50. The first-order valence-corrected chi connectivity index (χ1v) is 11.9. The van der Waals surface area contributed by atoms with Crippen molar-refractivity contribution >= 4 is 35.1 Å². The maximum Gasteiger partial charge on any atom is 0.269 e. The van der Waals surface area contributed by atoms with E-state index in [2.05, 4.69) is 10.7 Å². The number of thiocarbonyl (C=S) groups is 1. The van der Waals surface area contributed by atoms with Crippen LogP contribution < -0.4 is 10.7 Å². The molecule has 1 aliphatic rings. The number of hydrazine groups is 1. The molecule has 0 saturated carbocycles. The molecule has 3 aromatic rings. The summed E-state index contributed by atoms with van der Waals surface area (Å²) in [7, 11) is 0. The zero-order valence-corrected chi connectivity index (χ0v) is 20.2. The minimum absolute atomic E-state index is 0.0655. The lowest BCUT2D eigenvalue weighted by molar-refractivity contribution is -0.132. The molecule has 3 amide bonds. The maximum atomic E-state index is 13.6. The standard InChI is InChI=1S/C27H25FN4O3S/c28-22-13-7-12-21(16-22)25(34)30-32-23(17-24(33)29-15-14-19-8-3-1-4-9-19)26(35)31(27(32)36)18-20-10-5-2-6-11-20/h1-13,16,23H,14-15,17-18H2,(H,29,33)(H,30,34). The average Bonchev–Trinajstić information content (AvgIpc) is 3.09. The van der Waals surface area contributed by atoms with E-state index in [9.17, 15) is 18.8 Å². The van der Waals surface area contributed by atoms with Crippen LogP contribution in [-0.4, -0.2) is 45.3 Å². The fraction of sp³-hybridized carbons (Fsp3) is 0.185. The molecule has 1 saturated heterocycles. The highest BCUT2D eigenvalue weighted by Crippen LogP contribution is 2.22. The Kier molecular flexibility index (Phi) is 8.02. The molecule has 1 heterocycles. The monoisotopic (exact) mass is 504 g/mol. The zero-order chi connectivity index (χ0) is 25.5. The number of rotatable bonds is 9. The highest BCUT2D eigenvalue weighted by Gasteiger charge is 2.44. The van der Waals surface area contributed by atoms with E-state index in [1.807, 2.05) is 60.7 Å². The molecule has 1 aliphatic heterocycles. The van der Waals surface area contributed by atoms with Crippen LogP contribution in [0.2, 0.25) is 0 Å². The molecule has 0 aliphatic carbocycles. The Morgan fingerprint density at radius 2 is 1.58 bits per heavy atom. The van der Waals surface area contributed by atoms with Gasteiger partial charge < -0.3 is 5.32 Å². The summed E-state index contributed by atoms with van der Waals surface area (Å²) < 4.78 is 13.6. The molecule has 1 atom stereocenters. The summed E-state index contributed by atoms with van der Waals surface area (Å²) >= 11 is 5.52. The number of halogens is 1. The molecule has 7 nitrogen and oxygen atoms in total. The van der Waals surface area contributed by atoms with Crippen molar-refractivity contribution in [3.63, 3.8) is 0 Å². The number of carbonyl (C=O) groups is 3. The van der Waals surface area contributed by atoms with Crippen LogP contribution in [0.4, 0.5) is 4.39 Å². The van der Waals surface area contributed by atoms with E-state index in [0.717, 1.165) is 17.2 Å². The largest absolute Gasteiger partial charge is 0.356 e. The molecule has 0 bridgehead atoms. The van der Waals surface area contributed by atoms with Crippen molar-refractivity contribution in [2.24, 2.45) is 0 Å². The van der Waals surface area contributed by atoms with E-state index < -0.39 is 23.7 Å². The van der Waals surface area contributed by atoms with Gasteiger partial charge in [-0.15, -0.1) is 0 Å². The van der Waals surface area contributed by atoms with Gasteiger partial charge in [-0.2, -0.15) is 0 Å². The number of nitrogens with one attached hydrogen (secondary N) is 2. The van der Waals surface area contributed by atoms with Crippen LogP contribution in [-0.2, 0) is 22.6 Å². The molecule has 0 radical (unpaired) electrons. The topological polar surface area (TPSA) is 81.8 Å². The fourth-order valence-corrected chi connectivity index (χ4v) is 4.23. The quantitative estimate of drug-likeness (QED) is 0.438. The summed E-state index contributed by atoms with van der Waals surface area (Å²) in [6.45, 7) is 0.592. The van der Waals surface area contributed by atoms with E-state index in [1.54, 1.807) is 0 Å². The third-order valence-corrected chi connectivity index (χ3v) is 6.17. The normalized spacial score (nSPS) is 15.2.